The largest absolute Gasteiger partial charge is 0.298 e. The number of rotatable bonds is 3. The lowest BCUT2D eigenvalue weighted by Crippen LogP contribution is -2.20. The van der Waals surface area contributed by atoms with Gasteiger partial charge in [-0.15, -0.1) is 0 Å². The smallest absolute Gasteiger partial charge is 0.125 e. The average Bonchev–Trinajstić information content (AvgIpc) is 2.85. The molecule has 2 rings (SSSR count). The molecule has 3 nitrogen and oxygen atoms in total. The number of nitrogens with zero attached hydrogens (tertiary/aromatic N) is 3. The number of hydrogen-bond acceptors (Lipinski definition) is 3. The molecule has 0 aromatic carbocycles. The van der Waals surface area contributed by atoms with Crippen molar-refractivity contribution in [3.63, 3.8) is 0 Å². The minimum Gasteiger partial charge on any atom is -0.298 e. The number of aromatic nitrogens is 2. The quantitative estimate of drug-likeness (QED) is 0.698. The maximum atomic E-state index is 4.37. The van der Waals surface area contributed by atoms with E-state index < -0.39 is 0 Å². The zero-order valence-corrected chi connectivity index (χ0v) is 8.20. The van der Waals surface area contributed by atoms with E-state index in [2.05, 4.69) is 21.9 Å². The van der Waals surface area contributed by atoms with Gasteiger partial charge in [0.15, 0.2) is 0 Å². The maximum Gasteiger partial charge on any atom is 0.125 e. The van der Waals surface area contributed by atoms with Gasteiger partial charge in [0.1, 0.15) is 5.82 Å². The topological polar surface area (TPSA) is 29.0 Å². The standard InChI is InChI=1S/C10H15N3/c1-8-11-6-5-9(12-8)7-13(2)10-3-4-10/h5-6,10H,3-4,7H2,1-2H3. The summed E-state index contributed by atoms with van der Waals surface area (Å²) < 4.78 is 0. The van der Waals surface area contributed by atoms with Gasteiger partial charge in [0.05, 0.1) is 5.69 Å². The molecular formula is C10H15N3. The minimum atomic E-state index is 0.801. The summed E-state index contributed by atoms with van der Waals surface area (Å²) in [6.45, 7) is 2.88. The second-order valence-electron chi connectivity index (χ2n) is 3.74. The van der Waals surface area contributed by atoms with Gasteiger partial charge in [-0.25, -0.2) is 9.97 Å². The molecule has 1 aliphatic rings. The molecule has 1 aromatic heterocycles. The predicted molar refractivity (Wildman–Crippen MR) is 51.3 cm³/mol. The summed E-state index contributed by atoms with van der Waals surface area (Å²) in [6, 6.07) is 2.79. The molecule has 13 heavy (non-hydrogen) atoms. The van der Waals surface area contributed by atoms with Crippen molar-refractivity contribution in [2.24, 2.45) is 0 Å². The van der Waals surface area contributed by atoms with Crippen LogP contribution in [0, 0.1) is 6.92 Å². The molecule has 0 saturated heterocycles. The third kappa shape index (κ3) is 2.25. The van der Waals surface area contributed by atoms with Crippen molar-refractivity contribution in [3.8, 4) is 0 Å². The molecule has 0 N–H and O–H groups in total. The van der Waals surface area contributed by atoms with E-state index in [1.54, 1.807) is 0 Å². The van der Waals surface area contributed by atoms with Crippen molar-refractivity contribution >= 4 is 0 Å². The molecule has 1 saturated carbocycles. The van der Waals surface area contributed by atoms with Crippen LogP contribution >= 0.6 is 0 Å². The van der Waals surface area contributed by atoms with Crippen molar-refractivity contribution in [3.05, 3.63) is 23.8 Å². The van der Waals surface area contributed by atoms with Gasteiger partial charge >= 0.3 is 0 Å². The van der Waals surface area contributed by atoms with Crippen LogP contribution in [0.5, 0.6) is 0 Å². The van der Waals surface area contributed by atoms with Crippen LogP contribution in [-0.4, -0.2) is 28.0 Å². The molecule has 0 bridgehead atoms. The van der Waals surface area contributed by atoms with Gasteiger partial charge in [-0.1, -0.05) is 0 Å². The van der Waals surface area contributed by atoms with Crippen molar-refractivity contribution < 1.29 is 0 Å². The van der Waals surface area contributed by atoms with Crippen molar-refractivity contribution in [2.75, 3.05) is 7.05 Å². The van der Waals surface area contributed by atoms with E-state index in [-0.39, 0.29) is 0 Å². The molecule has 1 heterocycles. The van der Waals surface area contributed by atoms with E-state index in [1.165, 1.54) is 12.8 Å². The average molecular weight is 177 g/mol. The Morgan fingerprint density at radius 2 is 2.31 bits per heavy atom. The summed E-state index contributed by atoms with van der Waals surface area (Å²) in [7, 11) is 2.16. The van der Waals surface area contributed by atoms with Gasteiger partial charge in [0, 0.05) is 18.8 Å². The Hall–Kier alpha value is -0.960. The highest BCUT2D eigenvalue weighted by Gasteiger charge is 2.25. The molecule has 1 aromatic rings. The van der Waals surface area contributed by atoms with Crippen molar-refractivity contribution in [2.45, 2.75) is 32.4 Å². The van der Waals surface area contributed by atoms with Crippen LogP contribution in [0.15, 0.2) is 12.3 Å². The van der Waals surface area contributed by atoms with E-state index in [0.29, 0.717) is 0 Å². The first-order valence-electron chi connectivity index (χ1n) is 4.74. The zero-order valence-electron chi connectivity index (χ0n) is 8.20. The van der Waals surface area contributed by atoms with E-state index in [0.717, 1.165) is 24.1 Å². The van der Waals surface area contributed by atoms with Crippen LogP contribution in [0.1, 0.15) is 24.4 Å². The Bertz CT molecular complexity index is 294. The zero-order chi connectivity index (χ0) is 9.26. The fourth-order valence-electron chi connectivity index (χ4n) is 1.49. The van der Waals surface area contributed by atoms with E-state index in [4.69, 9.17) is 0 Å². The van der Waals surface area contributed by atoms with E-state index in [9.17, 15) is 0 Å². The highest BCUT2D eigenvalue weighted by molar-refractivity contribution is 5.02. The Morgan fingerprint density at radius 1 is 1.54 bits per heavy atom. The highest BCUT2D eigenvalue weighted by Crippen LogP contribution is 2.26. The van der Waals surface area contributed by atoms with Crippen LogP contribution in [0.25, 0.3) is 0 Å². The third-order valence-electron chi connectivity index (χ3n) is 2.42. The van der Waals surface area contributed by atoms with Gasteiger partial charge in [-0.05, 0) is 32.9 Å². The lowest BCUT2D eigenvalue weighted by atomic mass is 10.3. The summed E-state index contributed by atoms with van der Waals surface area (Å²) in [5.74, 6) is 0.863. The molecular weight excluding hydrogens is 162 g/mol. The second kappa shape index (κ2) is 3.42. The third-order valence-corrected chi connectivity index (χ3v) is 2.42. The summed E-state index contributed by atoms with van der Waals surface area (Å²) in [6.07, 6.45) is 4.53. The second-order valence-corrected chi connectivity index (χ2v) is 3.74. The summed E-state index contributed by atoms with van der Waals surface area (Å²) in [5.41, 5.74) is 1.13. The van der Waals surface area contributed by atoms with Gasteiger partial charge in [0.25, 0.3) is 0 Å². The number of hydrogen-bond donors (Lipinski definition) is 0. The van der Waals surface area contributed by atoms with Crippen LogP contribution < -0.4 is 0 Å². The van der Waals surface area contributed by atoms with Crippen LogP contribution in [0.4, 0.5) is 0 Å². The molecule has 1 fully saturated rings. The SMILES string of the molecule is Cc1nccc(CN(C)C2CC2)n1. The molecule has 0 radical (unpaired) electrons. The first kappa shape index (κ1) is 8.63. The lowest BCUT2D eigenvalue weighted by molar-refractivity contribution is 0.312. The van der Waals surface area contributed by atoms with Gasteiger partial charge in [-0.3, -0.25) is 4.90 Å². The van der Waals surface area contributed by atoms with Gasteiger partial charge < -0.3 is 0 Å². The van der Waals surface area contributed by atoms with Crippen LogP contribution in [-0.2, 0) is 6.54 Å². The number of aryl methyl sites for hydroxylation is 1. The molecule has 0 spiro atoms. The van der Waals surface area contributed by atoms with Crippen molar-refractivity contribution in [1.82, 2.24) is 14.9 Å². The Labute approximate surface area is 78.8 Å². The van der Waals surface area contributed by atoms with Gasteiger partial charge in [0.2, 0.25) is 0 Å². The minimum absolute atomic E-state index is 0.801. The molecule has 0 aliphatic heterocycles. The summed E-state index contributed by atoms with van der Waals surface area (Å²) in [4.78, 5) is 10.8. The summed E-state index contributed by atoms with van der Waals surface area (Å²) in [5, 5.41) is 0. The molecule has 1 aliphatic carbocycles. The van der Waals surface area contributed by atoms with E-state index in [1.807, 2.05) is 19.2 Å². The lowest BCUT2D eigenvalue weighted by Gasteiger charge is -2.14. The highest BCUT2D eigenvalue weighted by atomic mass is 15.2. The first-order valence-corrected chi connectivity index (χ1v) is 4.74. The molecule has 0 atom stereocenters. The Morgan fingerprint density at radius 3 is 2.92 bits per heavy atom. The Balaban J connectivity index is 2.00. The molecule has 0 unspecified atom stereocenters. The van der Waals surface area contributed by atoms with Gasteiger partial charge in [-0.2, -0.15) is 0 Å². The monoisotopic (exact) mass is 177 g/mol. The molecule has 3 heteroatoms. The van der Waals surface area contributed by atoms with Crippen LogP contribution in [0.2, 0.25) is 0 Å². The molecule has 0 amide bonds. The van der Waals surface area contributed by atoms with Crippen molar-refractivity contribution in [1.29, 1.82) is 0 Å². The van der Waals surface area contributed by atoms with Crippen LogP contribution in [0.3, 0.4) is 0 Å². The first-order chi connectivity index (χ1) is 6.25. The molecule has 70 valence electrons. The fourth-order valence-corrected chi connectivity index (χ4v) is 1.49. The summed E-state index contributed by atoms with van der Waals surface area (Å²) >= 11 is 0. The fraction of sp³-hybridized carbons (Fsp3) is 0.600. The predicted octanol–water partition coefficient (Wildman–Crippen LogP) is 1.38. The Kier molecular flexibility index (Phi) is 2.27. The van der Waals surface area contributed by atoms with E-state index >= 15 is 0 Å². The normalized spacial score (nSPS) is 16.5. The maximum absolute atomic E-state index is 4.37.